The molecule has 9 rings (SSSR count). The fraction of sp³-hybridized carbons (Fsp3) is 0. The van der Waals surface area contributed by atoms with Gasteiger partial charge < -0.3 is 0 Å². The molecule has 0 aliphatic carbocycles. The van der Waals surface area contributed by atoms with Crippen molar-refractivity contribution in [2.45, 2.75) is 0 Å². The number of benzene rings is 7. The molecule has 270 valence electrons. The minimum absolute atomic E-state index is 0.513. The molecular formula is C50H30N8. The summed E-state index contributed by atoms with van der Waals surface area (Å²) in [6, 6.07) is 63.3. The Morgan fingerprint density at radius 2 is 0.586 bits per heavy atom. The van der Waals surface area contributed by atoms with Gasteiger partial charge >= 0.3 is 0 Å². The fourth-order valence-corrected chi connectivity index (χ4v) is 6.71. The highest BCUT2D eigenvalue weighted by molar-refractivity contribution is 5.88. The third-order valence-electron chi connectivity index (χ3n) is 9.67. The second-order valence-electron chi connectivity index (χ2n) is 13.4. The highest BCUT2D eigenvalue weighted by Gasteiger charge is 2.17. The van der Waals surface area contributed by atoms with Crippen molar-refractivity contribution >= 4 is 0 Å². The number of hydrogen-bond acceptors (Lipinski definition) is 8. The summed E-state index contributed by atoms with van der Waals surface area (Å²) in [5, 5.41) is 18.8. The molecule has 8 heteroatoms. The van der Waals surface area contributed by atoms with Crippen molar-refractivity contribution in [1.82, 2.24) is 29.9 Å². The number of hydrogen-bond donors (Lipinski definition) is 0. The van der Waals surface area contributed by atoms with Crippen molar-refractivity contribution in [3.05, 3.63) is 193 Å². The summed E-state index contributed by atoms with van der Waals surface area (Å²) < 4.78 is 0. The summed E-state index contributed by atoms with van der Waals surface area (Å²) in [5.74, 6) is 3.19. The quantitative estimate of drug-likeness (QED) is 0.151. The van der Waals surface area contributed by atoms with Gasteiger partial charge in [-0.15, -0.1) is 0 Å². The Morgan fingerprint density at radius 1 is 0.259 bits per heavy atom. The lowest BCUT2D eigenvalue weighted by Crippen LogP contribution is -2.01. The lowest BCUT2D eigenvalue weighted by Gasteiger charge is -2.15. The average Bonchev–Trinajstić information content (AvgIpc) is 3.32. The average molecular weight is 743 g/mol. The molecule has 0 aliphatic heterocycles. The number of aromatic nitrogens is 6. The molecule has 9 aromatic rings. The van der Waals surface area contributed by atoms with Gasteiger partial charge in [0.2, 0.25) is 0 Å². The highest BCUT2D eigenvalue weighted by Crippen LogP contribution is 2.37. The lowest BCUT2D eigenvalue weighted by molar-refractivity contribution is 1.07. The van der Waals surface area contributed by atoms with Gasteiger partial charge in [-0.25, -0.2) is 29.9 Å². The molecule has 0 atom stereocenters. The Bertz CT molecular complexity index is 2990. The van der Waals surface area contributed by atoms with Crippen molar-refractivity contribution in [3.63, 3.8) is 0 Å². The van der Waals surface area contributed by atoms with Crippen LogP contribution >= 0.6 is 0 Å². The van der Waals surface area contributed by atoms with E-state index in [9.17, 15) is 10.5 Å². The van der Waals surface area contributed by atoms with Gasteiger partial charge in [0.25, 0.3) is 0 Å². The van der Waals surface area contributed by atoms with Gasteiger partial charge in [0.05, 0.1) is 23.3 Å². The van der Waals surface area contributed by atoms with Crippen LogP contribution in [0.4, 0.5) is 0 Å². The van der Waals surface area contributed by atoms with Gasteiger partial charge in [0, 0.05) is 33.4 Å². The van der Waals surface area contributed by atoms with Crippen LogP contribution in [0.5, 0.6) is 0 Å². The third kappa shape index (κ3) is 7.33. The van der Waals surface area contributed by atoms with Crippen molar-refractivity contribution in [3.8, 4) is 103 Å². The molecule has 0 spiro atoms. The number of rotatable bonds is 8. The highest BCUT2D eigenvalue weighted by atomic mass is 15.0. The molecule has 0 amide bonds. The van der Waals surface area contributed by atoms with E-state index < -0.39 is 0 Å². The van der Waals surface area contributed by atoms with Gasteiger partial charge in [-0.1, -0.05) is 121 Å². The third-order valence-corrected chi connectivity index (χ3v) is 9.67. The van der Waals surface area contributed by atoms with E-state index in [2.05, 4.69) is 48.5 Å². The predicted octanol–water partition coefficient (Wildman–Crippen LogP) is 11.1. The molecule has 0 radical (unpaired) electrons. The Kier molecular flexibility index (Phi) is 9.55. The summed E-state index contributed by atoms with van der Waals surface area (Å²) in [6.07, 6.45) is 0. The SMILES string of the molecule is N#Cc1ccc(-c2nc(-c3ccccc3)nc(-c3cccc(-c4ccc(-c5nc(-c6ccccc6)nc(-c6ccc(C#N)cc6)n5)cc4-c4ccccc4)c3)n2)cc1. The van der Waals surface area contributed by atoms with E-state index >= 15 is 0 Å². The molecule has 7 aromatic carbocycles. The molecule has 0 saturated heterocycles. The summed E-state index contributed by atoms with van der Waals surface area (Å²) >= 11 is 0. The van der Waals surface area contributed by atoms with E-state index in [-0.39, 0.29) is 0 Å². The van der Waals surface area contributed by atoms with Gasteiger partial charge in [0.15, 0.2) is 34.9 Å². The van der Waals surface area contributed by atoms with E-state index in [0.717, 1.165) is 55.6 Å². The molecule has 0 N–H and O–H groups in total. The van der Waals surface area contributed by atoms with Gasteiger partial charge in [0.1, 0.15) is 0 Å². The van der Waals surface area contributed by atoms with Crippen LogP contribution in [0.25, 0.3) is 90.6 Å². The summed E-state index contributed by atoms with van der Waals surface area (Å²) in [7, 11) is 0. The van der Waals surface area contributed by atoms with Crippen molar-refractivity contribution in [2.24, 2.45) is 0 Å². The molecule has 0 unspecified atom stereocenters. The Morgan fingerprint density at radius 3 is 1.02 bits per heavy atom. The van der Waals surface area contributed by atoms with Crippen LogP contribution < -0.4 is 0 Å². The lowest BCUT2D eigenvalue weighted by atomic mass is 9.92. The van der Waals surface area contributed by atoms with Crippen molar-refractivity contribution in [1.29, 1.82) is 10.5 Å². The molecule has 2 aromatic heterocycles. The van der Waals surface area contributed by atoms with Gasteiger partial charge in [-0.05, 0) is 82.9 Å². The standard InChI is InChI=1S/C50H30N8/c51-31-33-19-23-38(24-20-33)47-53-45(36-13-6-2-7-14-36)55-49(57-47)41-18-10-17-40(29-41)43-28-27-42(30-44(43)35-11-4-1-5-12-35)50-56-46(37-15-8-3-9-16-37)54-48(58-50)39-25-21-34(32-52)22-26-39/h1-30H. The predicted molar refractivity (Wildman–Crippen MR) is 226 cm³/mol. The van der Waals surface area contributed by atoms with E-state index in [1.807, 2.05) is 121 Å². The second kappa shape index (κ2) is 15.7. The van der Waals surface area contributed by atoms with Crippen LogP contribution in [-0.2, 0) is 0 Å². The maximum atomic E-state index is 9.40. The van der Waals surface area contributed by atoms with E-state index in [0.29, 0.717) is 46.1 Å². The molecule has 0 bridgehead atoms. The zero-order chi connectivity index (χ0) is 39.3. The van der Waals surface area contributed by atoms with E-state index in [4.69, 9.17) is 29.9 Å². The van der Waals surface area contributed by atoms with Crippen LogP contribution in [0.2, 0.25) is 0 Å². The minimum atomic E-state index is 0.513. The molecule has 2 heterocycles. The molecular weight excluding hydrogens is 713 g/mol. The second-order valence-corrected chi connectivity index (χ2v) is 13.4. The molecule has 58 heavy (non-hydrogen) atoms. The van der Waals surface area contributed by atoms with Crippen LogP contribution in [-0.4, -0.2) is 29.9 Å². The first kappa shape index (κ1) is 35.3. The Labute approximate surface area is 335 Å². The zero-order valence-corrected chi connectivity index (χ0v) is 30.9. The Balaban J connectivity index is 1.17. The van der Waals surface area contributed by atoms with Crippen LogP contribution in [0.15, 0.2) is 182 Å². The maximum absolute atomic E-state index is 9.40. The largest absolute Gasteiger partial charge is 0.208 e. The maximum Gasteiger partial charge on any atom is 0.164 e. The first-order valence-corrected chi connectivity index (χ1v) is 18.6. The van der Waals surface area contributed by atoms with Crippen LogP contribution in [0.3, 0.4) is 0 Å². The van der Waals surface area contributed by atoms with Crippen molar-refractivity contribution in [2.75, 3.05) is 0 Å². The normalized spacial score (nSPS) is 10.7. The van der Waals surface area contributed by atoms with Crippen LogP contribution in [0, 0.1) is 22.7 Å². The molecule has 8 nitrogen and oxygen atoms in total. The van der Waals surface area contributed by atoms with Gasteiger partial charge in [-0.3, -0.25) is 0 Å². The molecule has 0 fully saturated rings. The summed E-state index contributed by atoms with van der Waals surface area (Å²) in [6.45, 7) is 0. The van der Waals surface area contributed by atoms with Gasteiger partial charge in [-0.2, -0.15) is 10.5 Å². The van der Waals surface area contributed by atoms with E-state index in [1.54, 1.807) is 24.3 Å². The first-order chi connectivity index (χ1) is 28.6. The number of nitriles is 2. The van der Waals surface area contributed by atoms with Crippen molar-refractivity contribution < 1.29 is 0 Å². The van der Waals surface area contributed by atoms with E-state index in [1.165, 1.54) is 0 Å². The smallest absolute Gasteiger partial charge is 0.164 e. The fourth-order valence-electron chi connectivity index (χ4n) is 6.71. The zero-order valence-electron chi connectivity index (χ0n) is 30.9. The number of nitrogens with zero attached hydrogens (tertiary/aromatic N) is 8. The minimum Gasteiger partial charge on any atom is -0.208 e. The topological polar surface area (TPSA) is 125 Å². The van der Waals surface area contributed by atoms with Crippen LogP contribution in [0.1, 0.15) is 11.1 Å². The first-order valence-electron chi connectivity index (χ1n) is 18.6. The molecule has 0 aliphatic rings. The summed E-state index contributed by atoms with van der Waals surface area (Å²) in [5.41, 5.74) is 10.1. The Hall–Kier alpha value is -8.46. The monoisotopic (exact) mass is 742 g/mol. The molecule has 0 saturated carbocycles. The summed E-state index contributed by atoms with van der Waals surface area (Å²) in [4.78, 5) is 29.6.